The second-order valence-electron chi connectivity index (χ2n) is 6.89. The Kier molecular flexibility index (Phi) is 5.19. The number of hydrogen-bond acceptors (Lipinski definition) is 1. The van der Waals surface area contributed by atoms with Crippen molar-refractivity contribution in [2.75, 3.05) is 6.66 Å². The summed E-state index contributed by atoms with van der Waals surface area (Å²) in [4.78, 5) is 13.4. The van der Waals surface area contributed by atoms with Gasteiger partial charge in [-0.1, -0.05) is 78.9 Å². The normalized spacial score (nSPS) is 11.2. The molecule has 2 heteroatoms. The number of carbonyl (C=O) groups excluding carboxylic acids is 1. The first-order chi connectivity index (χ1) is 13.7. The minimum absolute atomic E-state index is 0.0780. The number of hydrogen-bond donors (Lipinski definition) is 0. The highest BCUT2D eigenvalue weighted by Gasteiger charge is 2.42. The van der Waals surface area contributed by atoms with Crippen LogP contribution in [-0.4, -0.2) is 12.4 Å². The second-order valence-corrected chi connectivity index (χ2v) is 10.4. The van der Waals surface area contributed by atoms with Crippen molar-refractivity contribution in [3.8, 4) is 0 Å². The average molecular weight is 381 g/mol. The summed E-state index contributed by atoms with van der Waals surface area (Å²) in [5.74, 6) is 0.0780. The van der Waals surface area contributed by atoms with E-state index in [0.29, 0.717) is 0 Å². The molecule has 0 atom stereocenters. The topological polar surface area (TPSA) is 17.1 Å². The highest BCUT2D eigenvalue weighted by molar-refractivity contribution is 7.95. The first-order valence-corrected chi connectivity index (χ1v) is 11.6. The van der Waals surface area contributed by atoms with Crippen LogP contribution >= 0.6 is 7.26 Å². The lowest BCUT2D eigenvalue weighted by Crippen LogP contribution is -2.33. The molecule has 0 unspecified atom stereocenters. The van der Waals surface area contributed by atoms with E-state index in [9.17, 15) is 4.79 Å². The van der Waals surface area contributed by atoms with Gasteiger partial charge in [0, 0.05) is 5.56 Å². The average Bonchev–Trinajstić information content (AvgIpc) is 2.80. The van der Waals surface area contributed by atoms with E-state index in [-0.39, 0.29) is 5.78 Å². The second kappa shape index (κ2) is 7.92. The molecule has 0 aliphatic heterocycles. The largest absolute Gasteiger partial charge is 0.288 e. The van der Waals surface area contributed by atoms with Gasteiger partial charge >= 0.3 is 0 Å². The van der Waals surface area contributed by atoms with E-state index >= 15 is 0 Å². The van der Waals surface area contributed by atoms with Crippen LogP contribution in [0.4, 0.5) is 0 Å². The Morgan fingerprint density at radius 2 is 1.00 bits per heavy atom. The zero-order chi connectivity index (χ0) is 19.4. The van der Waals surface area contributed by atoms with Gasteiger partial charge in [-0.3, -0.25) is 4.79 Å². The van der Waals surface area contributed by atoms with Crippen molar-refractivity contribution in [3.05, 3.63) is 126 Å². The van der Waals surface area contributed by atoms with Gasteiger partial charge < -0.3 is 0 Å². The molecule has 0 saturated heterocycles. The molecule has 0 aliphatic carbocycles. The minimum Gasteiger partial charge on any atom is -0.288 e. The summed E-state index contributed by atoms with van der Waals surface area (Å²) in [6, 6.07) is 38.8. The molecule has 4 rings (SSSR count). The lowest BCUT2D eigenvalue weighted by molar-refractivity contribution is 0.104. The minimum atomic E-state index is -1.96. The van der Waals surface area contributed by atoms with Crippen LogP contribution in [0.25, 0.3) is 0 Å². The quantitative estimate of drug-likeness (QED) is 0.357. The summed E-state index contributed by atoms with van der Waals surface area (Å²) >= 11 is 0. The van der Waals surface area contributed by atoms with Crippen LogP contribution in [0, 0.1) is 0 Å². The summed E-state index contributed by atoms with van der Waals surface area (Å²) in [7, 11) is -1.96. The van der Waals surface area contributed by atoms with Crippen molar-refractivity contribution >= 4 is 29.0 Å². The Morgan fingerprint density at radius 1 is 0.571 bits per heavy atom. The molecule has 136 valence electrons. The summed E-state index contributed by atoms with van der Waals surface area (Å²) < 4.78 is 0. The predicted molar refractivity (Wildman–Crippen MR) is 121 cm³/mol. The van der Waals surface area contributed by atoms with Gasteiger partial charge in [-0.15, -0.1) is 0 Å². The standard InChI is InChI=1S/C26H22OP/c1-28(22-15-7-3-8-16-22,23-17-9-4-10-18-23)25-20-12-11-19-24(25)26(27)21-13-5-2-6-14-21/h2-20H,1H3/q+1. The highest BCUT2D eigenvalue weighted by Crippen LogP contribution is 2.52. The Hall–Kier alpha value is -3.02. The molecule has 0 amide bonds. The van der Waals surface area contributed by atoms with Crippen LogP contribution in [0.3, 0.4) is 0 Å². The SMILES string of the molecule is C[P+](c1ccccc1)(c1ccccc1)c1ccccc1C(=O)c1ccccc1. The van der Waals surface area contributed by atoms with E-state index in [1.165, 1.54) is 10.6 Å². The van der Waals surface area contributed by atoms with Gasteiger partial charge in [-0.2, -0.15) is 0 Å². The fraction of sp³-hybridized carbons (Fsp3) is 0.0385. The van der Waals surface area contributed by atoms with Crippen molar-refractivity contribution in [3.63, 3.8) is 0 Å². The molecule has 0 radical (unpaired) electrons. The van der Waals surface area contributed by atoms with Crippen molar-refractivity contribution in [2.45, 2.75) is 0 Å². The molecule has 0 heterocycles. The van der Waals surface area contributed by atoms with Crippen LogP contribution in [0.1, 0.15) is 15.9 Å². The number of carbonyl (C=O) groups is 1. The van der Waals surface area contributed by atoms with Crippen LogP contribution < -0.4 is 15.9 Å². The van der Waals surface area contributed by atoms with E-state index < -0.39 is 7.26 Å². The Bertz CT molecular complexity index is 1030. The van der Waals surface area contributed by atoms with Crippen LogP contribution in [-0.2, 0) is 0 Å². The molecule has 0 saturated carbocycles. The van der Waals surface area contributed by atoms with E-state index in [1.807, 2.05) is 60.7 Å². The third-order valence-corrected chi connectivity index (χ3v) is 9.23. The van der Waals surface area contributed by atoms with Gasteiger partial charge in [0.1, 0.15) is 23.2 Å². The van der Waals surface area contributed by atoms with E-state index in [4.69, 9.17) is 0 Å². The van der Waals surface area contributed by atoms with Crippen LogP contribution in [0.2, 0.25) is 0 Å². The molecule has 0 fully saturated rings. The third kappa shape index (κ3) is 3.30. The van der Waals surface area contributed by atoms with E-state index in [1.54, 1.807) is 0 Å². The summed E-state index contributed by atoms with van der Waals surface area (Å²) in [6.07, 6.45) is 0. The summed E-state index contributed by atoms with van der Waals surface area (Å²) in [5, 5.41) is 3.67. The van der Waals surface area contributed by atoms with E-state index in [2.05, 4.69) is 61.3 Å². The van der Waals surface area contributed by atoms with Crippen molar-refractivity contribution in [1.82, 2.24) is 0 Å². The lowest BCUT2D eigenvalue weighted by atomic mass is 10.0. The molecule has 0 aromatic heterocycles. The number of rotatable bonds is 5. The van der Waals surface area contributed by atoms with Crippen molar-refractivity contribution in [1.29, 1.82) is 0 Å². The molecule has 0 aliphatic rings. The monoisotopic (exact) mass is 381 g/mol. The van der Waals surface area contributed by atoms with Crippen LogP contribution in [0.15, 0.2) is 115 Å². The highest BCUT2D eigenvalue weighted by atomic mass is 31.2. The van der Waals surface area contributed by atoms with Crippen LogP contribution in [0.5, 0.6) is 0 Å². The molecule has 4 aromatic carbocycles. The summed E-state index contributed by atoms with van der Waals surface area (Å²) in [6.45, 7) is 2.31. The van der Waals surface area contributed by atoms with Gasteiger partial charge in [0.2, 0.25) is 0 Å². The molecular weight excluding hydrogens is 359 g/mol. The maximum absolute atomic E-state index is 13.4. The summed E-state index contributed by atoms with van der Waals surface area (Å²) in [5.41, 5.74) is 1.51. The molecule has 0 spiro atoms. The zero-order valence-corrected chi connectivity index (χ0v) is 16.7. The van der Waals surface area contributed by atoms with E-state index in [0.717, 1.165) is 16.4 Å². The Balaban J connectivity index is 1.96. The lowest BCUT2D eigenvalue weighted by Gasteiger charge is -2.25. The first-order valence-electron chi connectivity index (χ1n) is 9.38. The maximum atomic E-state index is 13.4. The Labute approximate surface area is 167 Å². The Morgan fingerprint density at radius 3 is 1.54 bits per heavy atom. The fourth-order valence-corrected chi connectivity index (χ4v) is 7.11. The zero-order valence-electron chi connectivity index (χ0n) is 15.8. The third-order valence-electron chi connectivity index (χ3n) is 5.21. The molecule has 1 nitrogen and oxygen atoms in total. The molecule has 28 heavy (non-hydrogen) atoms. The predicted octanol–water partition coefficient (Wildman–Crippen LogP) is 4.84. The molecular formula is C26H22OP+. The van der Waals surface area contributed by atoms with Gasteiger partial charge in [-0.05, 0) is 36.4 Å². The van der Waals surface area contributed by atoms with Crippen molar-refractivity contribution in [2.24, 2.45) is 0 Å². The molecule has 0 bridgehead atoms. The number of benzene rings is 4. The number of ketones is 1. The molecule has 4 aromatic rings. The van der Waals surface area contributed by atoms with Gasteiger partial charge in [0.15, 0.2) is 5.78 Å². The smallest absolute Gasteiger partial charge is 0.197 e. The van der Waals surface area contributed by atoms with Gasteiger partial charge in [0.25, 0.3) is 0 Å². The van der Waals surface area contributed by atoms with Crippen molar-refractivity contribution < 1.29 is 4.79 Å². The van der Waals surface area contributed by atoms with Gasteiger partial charge in [0.05, 0.1) is 12.2 Å². The first kappa shape index (κ1) is 18.3. The molecule has 0 N–H and O–H groups in total. The fourth-order valence-electron chi connectivity index (χ4n) is 3.68. The van der Waals surface area contributed by atoms with Gasteiger partial charge in [-0.25, -0.2) is 0 Å². The maximum Gasteiger partial charge on any atom is 0.197 e.